The molecule has 29 heavy (non-hydrogen) atoms. The number of methoxy groups -OCH3 is 2. The Kier molecular flexibility index (Phi) is 6.23. The maximum atomic E-state index is 13.0. The minimum atomic E-state index is -0.410. The van der Waals surface area contributed by atoms with Crippen LogP contribution < -0.4 is 20.1 Å². The topological polar surface area (TPSA) is 85.4 Å². The van der Waals surface area contributed by atoms with Gasteiger partial charge in [0.1, 0.15) is 23.0 Å². The third-order valence-electron chi connectivity index (χ3n) is 4.11. The molecule has 2 aromatic carbocycles. The highest BCUT2D eigenvalue weighted by Crippen LogP contribution is 2.29. The van der Waals surface area contributed by atoms with Crippen molar-refractivity contribution in [3.63, 3.8) is 0 Å². The molecule has 0 fully saturated rings. The fourth-order valence-electron chi connectivity index (χ4n) is 2.65. The van der Waals surface area contributed by atoms with Gasteiger partial charge in [0.15, 0.2) is 0 Å². The van der Waals surface area contributed by atoms with Crippen LogP contribution in [0.25, 0.3) is 0 Å². The Balaban J connectivity index is 1.76. The molecule has 150 valence electrons. The number of carbonyl (C=O) groups excluding carboxylic acids is 1. The molecule has 2 N–H and O–H groups in total. The Labute approximate surface area is 167 Å². The molecule has 0 saturated carbocycles. The monoisotopic (exact) mass is 396 g/mol. The molecule has 0 aliphatic rings. The van der Waals surface area contributed by atoms with Crippen molar-refractivity contribution in [2.75, 3.05) is 24.9 Å². The summed E-state index contributed by atoms with van der Waals surface area (Å²) in [5, 5.41) is 5.84. The van der Waals surface area contributed by atoms with Crippen LogP contribution >= 0.6 is 0 Å². The quantitative estimate of drug-likeness (QED) is 0.632. The van der Waals surface area contributed by atoms with E-state index in [1.807, 2.05) is 0 Å². The van der Waals surface area contributed by atoms with Gasteiger partial charge in [0.2, 0.25) is 5.95 Å². The summed E-state index contributed by atoms with van der Waals surface area (Å²) in [5.41, 5.74) is 2.16. The standard InChI is InChI=1S/C21H21FN4O3/c1-13-10-18(20(27)25-17-11-16(28-2)8-9-19(17)29-3)26-21(24-13)23-12-14-4-6-15(22)7-5-14/h4-11H,12H2,1-3H3,(H,25,27)(H,23,24,26). The number of nitrogens with zero attached hydrogens (tertiary/aromatic N) is 2. The van der Waals surface area contributed by atoms with E-state index in [0.717, 1.165) is 5.56 Å². The first-order chi connectivity index (χ1) is 14.0. The fourth-order valence-corrected chi connectivity index (χ4v) is 2.65. The van der Waals surface area contributed by atoms with Crippen LogP contribution in [0, 0.1) is 12.7 Å². The van der Waals surface area contributed by atoms with E-state index >= 15 is 0 Å². The summed E-state index contributed by atoms with van der Waals surface area (Å²) >= 11 is 0. The predicted molar refractivity (Wildman–Crippen MR) is 108 cm³/mol. The Hall–Kier alpha value is -3.68. The van der Waals surface area contributed by atoms with E-state index in [-0.39, 0.29) is 11.5 Å². The van der Waals surface area contributed by atoms with Crippen LogP contribution in [0.5, 0.6) is 11.5 Å². The minimum Gasteiger partial charge on any atom is -0.497 e. The molecular formula is C21H21FN4O3. The Bertz CT molecular complexity index is 1010. The molecule has 1 amide bonds. The summed E-state index contributed by atoms with van der Waals surface area (Å²) in [6, 6.07) is 12.8. The van der Waals surface area contributed by atoms with Crippen molar-refractivity contribution in [2.45, 2.75) is 13.5 Å². The van der Waals surface area contributed by atoms with Gasteiger partial charge in [-0.1, -0.05) is 12.1 Å². The smallest absolute Gasteiger partial charge is 0.274 e. The SMILES string of the molecule is COc1ccc(OC)c(NC(=O)c2cc(C)nc(NCc3ccc(F)cc3)n2)c1. The lowest BCUT2D eigenvalue weighted by Gasteiger charge is -2.12. The Morgan fingerprint density at radius 1 is 1.03 bits per heavy atom. The van der Waals surface area contributed by atoms with Gasteiger partial charge in [-0.2, -0.15) is 0 Å². The van der Waals surface area contributed by atoms with E-state index in [1.54, 1.807) is 50.4 Å². The predicted octanol–water partition coefficient (Wildman–Crippen LogP) is 3.81. The van der Waals surface area contributed by atoms with Crippen molar-refractivity contribution in [3.05, 3.63) is 71.3 Å². The molecule has 0 spiro atoms. The van der Waals surface area contributed by atoms with Gasteiger partial charge in [-0.3, -0.25) is 4.79 Å². The number of benzene rings is 2. The van der Waals surface area contributed by atoms with Gasteiger partial charge < -0.3 is 20.1 Å². The molecule has 0 saturated heterocycles. The van der Waals surface area contributed by atoms with Gasteiger partial charge in [-0.25, -0.2) is 14.4 Å². The number of hydrogen-bond acceptors (Lipinski definition) is 6. The molecule has 3 aromatic rings. The lowest BCUT2D eigenvalue weighted by Crippen LogP contribution is -2.16. The number of halogens is 1. The Morgan fingerprint density at radius 3 is 2.48 bits per heavy atom. The molecule has 7 nitrogen and oxygen atoms in total. The average molecular weight is 396 g/mol. The van der Waals surface area contributed by atoms with E-state index in [0.29, 0.717) is 35.4 Å². The van der Waals surface area contributed by atoms with E-state index in [1.165, 1.54) is 19.2 Å². The molecule has 0 bridgehead atoms. The zero-order chi connectivity index (χ0) is 20.8. The summed E-state index contributed by atoms with van der Waals surface area (Å²) in [6.07, 6.45) is 0. The van der Waals surface area contributed by atoms with E-state index in [4.69, 9.17) is 9.47 Å². The highest BCUT2D eigenvalue weighted by molar-refractivity contribution is 6.04. The van der Waals surface area contributed by atoms with Gasteiger partial charge in [-0.15, -0.1) is 0 Å². The number of nitrogens with one attached hydrogen (secondary N) is 2. The van der Waals surface area contributed by atoms with Gasteiger partial charge in [0.25, 0.3) is 5.91 Å². The Morgan fingerprint density at radius 2 is 1.79 bits per heavy atom. The lowest BCUT2D eigenvalue weighted by atomic mass is 10.2. The van der Waals surface area contributed by atoms with Crippen LogP contribution in [-0.4, -0.2) is 30.1 Å². The number of carbonyl (C=O) groups is 1. The number of aryl methyl sites for hydroxylation is 1. The van der Waals surface area contributed by atoms with Crippen molar-refractivity contribution in [1.82, 2.24) is 9.97 Å². The molecule has 0 radical (unpaired) electrons. The number of hydrogen-bond donors (Lipinski definition) is 2. The molecule has 0 aliphatic carbocycles. The second-order valence-electron chi connectivity index (χ2n) is 6.22. The lowest BCUT2D eigenvalue weighted by molar-refractivity contribution is 0.102. The summed E-state index contributed by atoms with van der Waals surface area (Å²) in [5.74, 6) is 0.678. The summed E-state index contributed by atoms with van der Waals surface area (Å²) in [4.78, 5) is 21.3. The highest BCUT2D eigenvalue weighted by Gasteiger charge is 2.14. The summed E-state index contributed by atoms with van der Waals surface area (Å²) < 4.78 is 23.5. The third-order valence-corrected chi connectivity index (χ3v) is 4.11. The zero-order valence-corrected chi connectivity index (χ0v) is 16.3. The normalized spacial score (nSPS) is 10.3. The number of anilines is 2. The van der Waals surface area contributed by atoms with Crippen LogP contribution in [0.2, 0.25) is 0 Å². The van der Waals surface area contributed by atoms with Crippen LogP contribution in [0.3, 0.4) is 0 Å². The first-order valence-electron chi connectivity index (χ1n) is 8.86. The number of ether oxygens (including phenoxy) is 2. The van der Waals surface area contributed by atoms with Crippen molar-refractivity contribution in [3.8, 4) is 11.5 Å². The molecule has 1 heterocycles. The van der Waals surface area contributed by atoms with E-state index in [2.05, 4.69) is 20.6 Å². The fraction of sp³-hybridized carbons (Fsp3) is 0.190. The van der Waals surface area contributed by atoms with Crippen LogP contribution in [0.15, 0.2) is 48.5 Å². The van der Waals surface area contributed by atoms with Gasteiger partial charge in [0, 0.05) is 18.3 Å². The van der Waals surface area contributed by atoms with Crippen molar-refractivity contribution in [1.29, 1.82) is 0 Å². The van der Waals surface area contributed by atoms with Crippen molar-refractivity contribution < 1.29 is 18.7 Å². The molecule has 1 aromatic heterocycles. The van der Waals surface area contributed by atoms with Gasteiger partial charge in [0.05, 0.1) is 19.9 Å². The first-order valence-corrected chi connectivity index (χ1v) is 8.86. The molecular weight excluding hydrogens is 375 g/mol. The van der Waals surface area contributed by atoms with E-state index < -0.39 is 5.91 Å². The second-order valence-corrected chi connectivity index (χ2v) is 6.22. The first kappa shape index (κ1) is 20.1. The van der Waals surface area contributed by atoms with Crippen molar-refractivity contribution >= 4 is 17.5 Å². The summed E-state index contributed by atoms with van der Waals surface area (Å²) in [6.45, 7) is 2.17. The molecule has 3 rings (SSSR count). The number of rotatable bonds is 7. The van der Waals surface area contributed by atoms with Gasteiger partial charge >= 0.3 is 0 Å². The molecule has 0 atom stereocenters. The maximum Gasteiger partial charge on any atom is 0.274 e. The highest BCUT2D eigenvalue weighted by atomic mass is 19.1. The van der Waals surface area contributed by atoms with Crippen LogP contribution in [0.4, 0.5) is 16.0 Å². The number of aromatic nitrogens is 2. The zero-order valence-electron chi connectivity index (χ0n) is 16.3. The largest absolute Gasteiger partial charge is 0.497 e. The maximum absolute atomic E-state index is 13.0. The van der Waals surface area contributed by atoms with E-state index in [9.17, 15) is 9.18 Å². The molecule has 0 unspecified atom stereocenters. The van der Waals surface area contributed by atoms with Crippen molar-refractivity contribution in [2.24, 2.45) is 0 Å². The molecule has 0 aliphatic heterocycles. The second kappa shape index (κ2) is 9.01. The van der Waals surface area contributed by atoms with Crippen LogP contribution in [-0.2, 0) is 6.54 Å². The van der Waals surface area contributed by atoms with Gasteiger partial charge in [-0.05, 0) is 42.8 Å². The summed E-state index contributed by atoms with van der Waals surface area (Å²) in [7, 11) is 3.06. The van der Waals surface area contributed by atoms with Crippen LogP contribution in [0.1, 0.15) is 21.7 Å². The third kappa shape index (κ3) is 5.19. The average Bonchev–Trinajstić information content (AvgIpc) is 2.73. The molecule has 8 heteroatoms. The minimum absolute atomic E-state index is 0.198. The number of amides is 1.